The van der Waals surface area contributed by atoms with Gasteiger partial charge in [-0.1, -0.05) is 114 Å². The molecule has 3 aliphatic heterocycles. The van der Waals surface area contributed by atoms with Crippen molar-refractivity contribution in [2.45, 2.75) is 101 Å². The van der Waals surface area contributed by atoms with Gasteiger partial charge in [0.2, 0.25) is 0 Å². The topological polar surface area (TPSA) is 175 Å². The molecule has 3 aliphatic rings. The molecule has 0 aliphatic carbocycles. The van der Waals surface area contributed by atoms with Gasteiger partial charge in [0.05, 0.1) is 38.6 Å². The van der Waals surface area contributed by atoms with Gasteiger partial charge in [0.15, 0.2) is 31.1 Å². The lowest BCUT2D eigenvalue weighted by Crippen LogP contribution is -2.67. The molecule has 3 saturated heterocycles. The summed E-state index contributed by atoms with van der Waals surface area (Å²) in [5, 5.41) is 4.16. The second-order valence-corrected chi connectivity index (χ2v) is 14.4. The van der Waals surface area contributed by atoms with Gasteiger partial charge < -0.3 is 47.4 Å². The number of hydrogen-bond donors (Lipinski definition) is 0. The summed E-state index contributed by atoms with van der Waals surface area (Å²) in [6.45, 7) is 3.74. The first-order valence-corrected chi connectivity index (χ1v) is 19.5. The second-order valence-electron chi connectivity index (χ2n) is 14.4. The lowest BCUT2D eigenvalue weighted by molar-refractivity contribution is -0.373. The van der Waals surface area contributed by atoms with Crippen molar-refractivity contribution in [3.63, 3.8) is 0 Å². The molecule has 3 fully saturated rings. The first kappa shape index (κ1) is 42.0. The van der Waals surface area contributed by atoms with Crippen LogP contribution >= 0.6 is 0 Å². The zero-order valence-electron chi connectivity index (χ0n) is 32.8. The predicted octanol–water partition coefficient (Wildman–Crippen LogP) is 6.61. The molecule has 11 atom stereocenters. The van der Waals surface area contributed by atoms with Gasteiger partial charge in [-0.3, -0.25) is 0 Å². The lowest BCUT2D eigenvalue weighted by atomic mass is 9.94. The van der Waals surface area contributed by atoms with Crippen LogP contribution in [0, 0.1) is 0 Å². The van der Waals surface area contributed by atoms with Gasteiger partial charge in [-0.15, -0.1) is 0 Å². The number of hydrogen-bond acceptors (Lipinski definition) is 13. The number of ether oxygens (including phenoxy) is 10. The quantitative estimate of drug-likeness (QED) is 0.0545. The van der Waals surface area contributed by atoms with Crippen molar-refractivity contribution in [1.29, 1.82) is 0 Å². The summed E-state index contributed by atoms with van der Waals surface area (Å²) in [6, 6.07) is 35.4. The van der Waals surface area contributed by atoms with Gasteiger partial charge >= 0.3 is 11.9 Å². The highest BCUT2D eigenvalue weighted by atomic mass is 16.8. The number of fused-ring (bicyclic) bond motifs is 1. The molecule has 310 valence electrons. The van der Waals surface area contributed by atoms with E-state index in [1.807, 2.05) is 91.0 Å². The van der Waals surface area contributed by atoms with Crippen molar-refractivity contribution in [2.75, 3.05) is 13.7 Å². The fourth-order valence-electron chi connectivity index (χ4n) is 7.24. The zero-order chi connectivity index (χ0) is 41.1. The Morgan fingerprint density at radius 2 is 1.34 bits per heavy atom. The molecule has 7 rings (SSSR count). The standard InChI is InChI=1S/C44H47N3O12/c1-27(2)54-44-39(56-40(48)30-20-12-6-13-21-30)36(52-25-29-18-10-5-11-19-29)37(38(59-44)41(49)50-3)58-43-33(46-47-45)35(51-24-28-16-8-4-9-17-28)34-32(55-43)26-53-42(57-34)31-22-14-7-15-23-31/h4-23,27,32-39,42-44H,24-26H2,1-3H3/t32-,33-,34-,35-,36+,37+,38-,39-,42-,43-,44-/m1/s1. The molecular formula is C44H47N3O12. The molecule has 15 nitrogen and oxygen atoms in total. The van der Waals surface area contributed by atoms with E-state index in [1.54, 1.807) is 44.2 Å². The van der Waals surface area contributed by atoms with E-state index in [0.29, 0.717) is 0 Å². The summed E-state index contributed by atoms with van der Waals surface area (Å²) in [6.07, 6.45) is -11.9. The van der Waals surface area contributed by atoms with E-state index >= 15 is 0 Å². The summed E-state index contributed by atoms with van der Waals surface area (Å²) in [7, 11) is 1.21. The van der Waals surface area contributed by atoms with Crippen LogP contribution < -0.4 is 0 Å². The summed E-state index contributed by atoms with van der Waals surface area (Å²) >= 11 is 0. The number of azide groups is 1. The maximum Gasteiger partial charge on any atom is 0.338 e. The molecule has 3 heterocycles. The van der Waals surface area contributed by atoms with Crippen LogP contribution in [0.3, 0.4) is 0 Å². The molecule has 0 bridgehead atoms. The maximum atomic E-state index is 13.7. The number of carbonyl (C=O) groups excluding carboxylic acids is 2. The molecule has 0 unspecified atom stereocenters. The average Bonchev–Trinajstić information content (AvgIpc) is 3.27. The van der Waals surface area contributed by atoms with Gasteiger partial charge in [0.1, 0.15) is 36.6 Å². The van der Waals surface area contributed by atoms with Crippen molar-refractivity contribution >= 4 is 11.9 Å². The molecule has 4 aromatic rings. The van der Waals surface area contributed by atoms with E-state index < -0.39 is 85.7 Å². The highest BCUT2D eigenvalue weighted by Gasteiger charge is 2.57. The highest BCUT2D eigenvalue weighted by molar-refractivity contribution is 5.89. The monoisotopic (exact) mass is 809 g/mol. The average molecular weight is 810 g/mol. The normalized spacial score (nSPS) is 29.1. The van der Waals surface area contributed by atoms with E-state index in [2.05, 4.69) is 10.0 Å². The summed E-state index contributed by atoms with van der Waals surface area (Å²) < 4.78 is 63.0. The van der Waals surface area contributed by atoms with Crippen LogP contribution in [-0.2, 0) is 65.4 Å². The predicted molar refractivity (Wildman–Crippen MR) is 209 cm³/mol. The van der Waals surface area contributed by atoms with E-state index in [1.165, 1.54) is 7.11 Å². The minimum absolute atomic E-state index is 0.00834. The fourth-order valence-corrected chi connectivity index (χ4v) is 7.24. The van der Waals surface area contributed by atoms with Crippen LogP contribution in [0.4, 0.5) is 0 Å². The van der Waals surface area contributed by atoms with E-state index in [-0.39, 0.29) is 25.4 Å². The van der Waals surface area contributed by atoms with Crippen LogP contribution in [0.15, 0.2) is 126 Å². The molecule has 0 spiro atoms. The first-order valence-electron chi connectivity index (χ1n) is 19.5. The minimum atomic E-state index is -1.51. The molecule has 0 aromatic heterocycles. The Bertz CT molecular complexity index is 1990. The van der Waals surface area contributed by atoms with Gasteiger partial charge in [-0.05, 0) is 42.6 Å². The summed E-state index contributed by atoms with van der Waals surface area (Å²) in [5.74, 6) is -1.52. The minimum Gasteiger partial charge on any atom is -0.467 e. The molecule has 59 heavy (non-hydrogen) atoms. The Morgan fingerprint density at radius 1 is 0.746 bits per heavy atom. The Morgan fingerprint density at radius 3 is 1.93 bits per heavy atom. The lowest BCUT2D eigenvalue weighted by Gasteiger charge is -2.50. The highest BCUT2D eigenvalue weighted by Crippen LogP contribution is 2.40. The van der Waals surface area contributed by atoms with E-state index in [9.17, 15) is 15.1 Å². The molecule has 0 amide bonds. The van der Waals surface area contributed by atoms with Crippen LogP contribution in [0.5, 0.6) is 0 Å². The first-order chi connectivity index (χ1) is 28.8. The van der Waals surface area contributed by atoms with E-state index in [0.717, 1.165) is 16.7 Å². The largest absolute Gasteiger partial charge is 0.467 e. The van der Waals surface area contributed by atoms with Crippen molar-refractivity contribution in [3.8, 4) is 0 Å². The molecule has 0 saturated carbocycles. The van der Waals surface area contributed by atoms with E-state index in [4.69, 9.17) is 47.4 Å². The smallest absolute Gasteiger partial charge is 0.338 e. The Balaban J connectivity index is 1.26. The van der Waals surface area contributed by atoms with Gasteiger partial charge in [0, 0.05) is 10.5 Å². The third kappa shape index (κ3) is 10.3. The number of esters is 2. The van der Waals surface area contributed by atoms with Gasteiger partial charge in [-0.2, -0.15) is 0 Å². The zero-order valence-corrected chi connectivity index (χ0v) is 32.8. The Hall–Kier alpha value is -5.19. The number of carbonyl (C=O) groups is 2. The van der Waals surface area contributed by atoms with Crippen LogP contribution in [0.25, 0.3) is 10.4 Å². The van der Waals surface area contributed by atoms with Crippen molar-refractivity contribution in [1.82, 2.24) is 0 Å². The number of benzene rings is 4. The second kappa shape index (κ2) is 20.2. The van der Waals surface area contributed by atoms with Crippen LogP contribution in [0.2, 0.25) is 0 Å². The van der Waals surface area contributed by atoms with Gasteiger partial charge in [0.25, 0.3) is 0 Å². The number of methoxy groups -OCH3 is 1. The Kier molecular flexibility index (Phi) is 14.3. The Labute approximate surface area is 341 Å². The number of rotatable bonds is 15. The van der Waals surface area contributed by atoms with Crippen LogP contribution in [-0.4, -0.2) is 93.1 Å². The third-order valence-electron chi connectivity index (χ3n) is 10.0. The van der Waals surface area contributed by atoms with Crippen LogP contribution in [0.1, 0.15) is 47.2 Å². The number of nitrogens with zero attached hydrogens (tertiary/aromatic N) is 3. The third-order valence-corrected chi connectivity index (χ3v) is 10.0. The van der Waals surface area contributed by atoms with Crippen molar-refractivity contribution in [3.05, 3.63) is 154 Å². The molecule has 0 N–H and O–H groups in total. The molecule has 15 heteroatoms. The SMILES string of the molecule is COC(=O)[C@@H]1O[C@@H](OC(C)C)[C@H](OC(=O)c2ccccc2)[C@@H](OCc2ccccc2)[C@@H]1O[C@H]1O[C@@H]2CO[C@@H](c3ccccc3)O[C@H]2[C@H](OCc2ccccc2)[C@H]1N=[N+]=[N-]. The van der Waals surface area contributed by atoms with Gasteiger partial charge in [-0.25, -0.2) is 9.59 Å². The molecule has 0 radical (unpaired) electrons. The van der Waals surface area contributed by atoms with Crippen molar-refractivity contribution < 1.29 is 57.0 Å². The summed E-state index contributed by atoms with van der Waals surface area (Å²) in [5.41, 5.74) is 12.7. The molecule has 4 aromatic carbocycles. The summed E-state index contributed by atoms with van der Waals surface area (Å²) in [4.78, 5) is 30.6. The fraction of sp³-hybridized carbons (Fsp3) is 0.409. The van der Waals surface area contributed by atoms with Crippen molar-refractivity contribution in [2.24, 2.45) is 5.11 Å². The maximum absolute atomic E-state index is 13.7. The molecular weight excluding hydrogens is 762 g/mol.